The number of carbonyl (C=O) groups is 4. The maximum absolute atomic E-state index is 12.0. The molecule has 122 valence electrons. The summed E-state index contributed by atoms with van der Waals surface area (Å²) in [6, 6.07) is 6.17. The van der Waals surface area contributed by atoms with Crippen molar-refractivity contribution in [3.8, 4) is 0 Å². The average molecular weight is 345 g/mol. The minimum atomic E-state index is -0.848. The van der Waals surface area contributed by atoms with Crippen LogP contribution in [0.2, 0.25) is 0 Å². The third-order valence-electron chi connectivity index (χ3n) is 3.18. The third kappa shape index (κ3) is 3.15. The van der Waals surface area contributed by atoms with E-state index in [9.17, 15) is 19.2 Å². The summed E-state index contributed by atoms with van der Waals surface area (Å²) < 4.78 is 0. The maximum atomic E-state index is 12.0. The molecule has 1 aliphatic rings. The molecular weight excluding hydrogens is 334 g/mol. The number of imide groups is 1. The van der Waals surface area contributed by atoms with Gasteiger partial charge in [0.05, 0.1) is 17.5 Å². The Morgan fingerprint density at radius 2 is 1.79 bits per heavy atom. The highest BCUT2D eigenvalue weighted by Gasteiger charge is 2.38. The van der Waals surface area contributed by atoms with E-state index >= 15 is 0 Å². The van der Waals surface area contributed by atoms with Gasteiger partial charge < -0.3 is 10.2 Å². The summed E-state index contributed by atoms with van der Waals surface area (Å²) in [5, 5.41) is 5.06. The van der Waals surface area contributed by atoms with Gasteiger partial charge >= 0.3 is 5.97 Å². The van der Waals surface area contributed by atoms with Gasteiger partial charge in [-0.1, -0.05) is 17.2 Å². The molecule has 24 heavy (non-hydrogen) atoms. The molecule has 9 heteroatoms. The first kappa shape index (κ1) is 15.8. The van der Waals surface area contributed by atoms with E-state index in [1.54, 1.807) is 17.5 Å². The van der Waals surface area contributed by atoms with E-state index in [0.717, 1.165) is 0 Å². The molecule has 3 amide bonds. The molecule has 8 nitrogen and oxygen atoms in total. The molecule has 0 bridgehead atoms. The molecule has 1 aliphatic heterocycles. The first-order valence-corrected chi connectivity index (χ1v) is 7.82. The summed E-state index contributed by atoms with van der Waals surface area (Å²) in [5.41, 5.74) is 0.355. The van der Waals surface area contributed by atoms with Crippen molar-refractivity contribution in [1.29, 1.82) is 0 Å². The lowest BCUT2D eigenvalue weighted by molar-refractivity contribution is -0.168. The minimum Gasteiger partial charge on any atom is -0.330 e. The van der Waals surface area contributed by atoms with Gasteiger partial charge in [-0.15, -0.1) is 11.3 Å². The first-order valence-electron chi connectivity index (χ1n) is 6.94. The van der Waals surface area contributed by atoms with Crippen LogP contribution in [0.4, 0.5) is 5.13 Å². The Labute approximate surface area is 140 Å². The van der Waals surface area contributed by atoms with Crippen molar-refractivity contribution in [3.63, 3.8) is 0 Å². The van der Waals surface area contributed by atoms with Crippen molar-refractivity contribution in [2.75, 3.05) is 5.32 Å². The predicted octanol–water partition coefficient (Wildman–Crippen LogP) is 1.62. The zero-order chi connectivity index (χ0) is 17.1. The fourth-order valence-electron chi connectivity index (χ4n) is 2.08. The Morgan fingerprint density at radius 3 is 2.38 bits per heavy atom. The number of thiazole rings is 1. The van der Waals surface area contributed by atoms with Crippen molar-refractivity contribution in [2.24, 2.45) is 0 Å². The van der Waals surface area contributed by atoms with Gasteiger partial charge in [0.25, 0.3) is 11.8 Å². The second-order valence-electron chi connectivity index (χ2n) is 4.80. The van der Waals surface area contributed by atoms with E-state index in [4.69, 9.17) is 4.84 Å². The number of nitrogens with one attached hydrogen (secondary N) is 1. The molecule has 0 aliphatic carbocycles. The SMILES string of the molecule is O=C(CCC(=O)ON1C(=O)c2ccccc2C1=O)Nc1nccs1. The number of rotatable bonds is 5. The molecule has 0 fully saturated rings. The highest BCUT2D eigenvalue weighted by molar-refractivity contribution is 7.13. The molecule has 0 radical (unpaired) electrons. The number of aromatic nitrogens is 1. The number of carbonyl (C=O) groups excluding carboxylic acids is 4. The fraction of sp³-hybridized carbons (Fsp3) is 0.133. The van der Waals surface area contributed by atoms with Crippen molar-refractivity contribution in [2.45, 2.75) is 12.8 Å². The quantitative estimate of drug-likeness (QED) is 0.826. The Balaban J connectivity index is 1.53. The molecule has 0 atom stereocenters. The molecule has 2 aromatic rings. The van der Waals surface area contributed by atoms with Crippen molar-refractivity contribution >= 4 is 40.2 Å². The Morgan fingerprint density at radius 1 is 1.12 bits per heavy atom. The summed E-state index contributed by atoms with van der Waals surface area (Å²) in [5.74, 6) is -2.66. The molecule has 3 rings (SSSR count). The maximum Gasteiger partial charge on any atom is 0.333 e. The summed E-state index contributed by atoms with van der Waals surface area (Å²) in [4.78, 5) is 56.2. The van der Waals surface area contributed by atoms with Crippen LogP contribution in [0.25, 0.3) is 0 Å². The van der Waals surface area contributed by atoms with Gasteiger partial charge in [-0.05, 0) is 12.1 Å². The number of hydroxylamine groups is 2. The van der Waals surface area contributed by atoms with Gasteiger partial charge in [0.15, 0.2) is 5.13 Å². The predicted molar refractivity (Wildman–Crippen MR) is 83.0 cm³/mol. The molecule has 1 aromatic carbocycles. The van der Waals surface area contributed by atoms with Gasteiger partial charge in [-0.25, -0.2) is 9.78 Å². The standard InChI is InChI=1S/C15H11N3O5S/c19-11(17-15-16-7-8-24-15)5-6-12(20)23-18-13(21)9-3-1-2-4-10(9)14(18)22/h1-4,7-8H,5-6H2,(H,16,17,19). The average Bonchev–Trinajstić information content (AvgIpc) is 3.16. The van der Waals surface area contributed by atoms with Gasteiger partial charge in [0, 0.05) is 18.0 Å². The first-order chi connectivity index (χ1) is 11.6. The topological polar surface area (TPSA) is 106 Å². The Kier molecular flexibility index (Phi) is 4.34. The molecule has 0 unspecified atom stereocenters. The smallest absolute Gasteiger partial charge is 0.330 e. The van der Waals surface area contributed by atoms with Crippen molar-refractivity contribution < 1.29 is 24.0 Å². The number of amides is 3. The van der Waals surface area contributed by atoms with Crippen LogP contribution in [0, 0.1) is 0 Å². The molecule has 1 aromatic heterocycles. The normalized spacial score (nSPS) is 12.9. The summed E-state index contributed by atoms with van der Waals surface area (Å²) in [6.45, 7) is 0. The van der Waals surface area contributed by atoms with E-state index in [1.807, 2.05) is 0 Å². The zero-order valence-corrected chi connectivity index (χ0v) is 13.0. The van der Waals surface area contributed by atoms with E-state index < -0.39 is 23.7 Å². The van der Waals surface area contributed by atoms with Gasteiger partial charge in [-0.3, -0.25) is 14.4 Å². The van der Waals surface area contributed by atoms with Crippen LogP contribution < -0.4 is 5.32 Å². The largest absolute Gasteiger partial charge is 0.333 e. The number of fused-ring (bicyclic) bond motifs is 1. The van der Waals surface area contributed by atoms with E-state index in [-0.39, 0.29) is 24.0 Å². The molecule has 0 saturated carbocycles. The molecular formula is C15H11N3O5S. The number of benzene rings is 1. The number of anilines is 1. The molecule has 1 N–H and O–H groups in total. The Bertz CT molecular complexity index is 783. The monoisotopic (exact) mass is 345 g/mol. The number of hydrogen-bond acceptors (Lipinski definition) is 7. The van der Waals surface area contributed by atoms with E-state index in [2.05, 4.69) is 10.3 Å². The Hall–Kier alpha value is -3.07. The summed E-state index contributed by atoms with van der Waals surface area (Å²) in [6.07, 6.45) is 1.11. The highest BCUT2D eigenvalue weighted by atomic mass is 32.1. The number of hydrogen-bond donors (Lipinski definition) is 1. The van der Waals surface area contributed by atoms with Crippen LogP contribution >= 0.6 is 11.3 Å². The summed E-state index contributed by atoms with van der Waals surface area (Å²) >= 11 is 1.25. The lowest BCUT2D eigenvalue weighted by atomic mass is 10.1. The van der Waals surface area contributed by atoms with Crippen LogP contribution in [0.15, 0.2) is 35.8 Å². The lowest BCUT2D eigenvalue weighted by Gasteiger charge is -2.12. The highest BCUT2D eigenvalue weighted by Crippen LogP contribution is 2.23. The second-order valence-corrected chi connectivity index (χ2v) is 5.69. The van der Waals surface area contributed by atoms with Gasteiger partial charge in [0.1, 0.15) is 0 Å². The molecule has 0 saturated heterocycles. The summed E-state index contributed by atoms with van der Waals surface area (Å²) in [7, 11) is 0. The van der Waals surface area contributed by atoms with Gasteiger partial charge in [0.2, 0.25) is 5.91 Å². The van der Waals surface area contributed by atoms with E-state index in [1.165, 1.54) is 29.7 Å². The van der Waals surface area contributed by atoms with Crippen LogP contribution in [-0.4, -0.2) is 33.7 Å². The van der Waals surface area contributed by atoms with Crippen molar-refractivity contribution in [1.82, 2.24) is 10.0 Å². The molecule has 0 spiro atoms. The third-order valence-corrected chi connectivity index (χ3v) is 3.87. The zero-order valence-electron chi connectivity index (χ0n) is 12.2. The fourth-order valence-corrected chi connectivity index (χ4v) is 2.63. The lowest BCUT2D eigenvalue weighted by Crippen LogP contribution is -2.32. The molecule has 2 heterocycles. The second kappa shape index (κ2) is 6.59. The van der Waals surface area contributed by atoms with Crippen LogP contribution in [0.3, 0.4) is 0 Å². The van der Waals surface area contributed by atoms with Gasteiger partial charge in [-0.2, -0.15) is 0 Å². The van der Waals surface area contributed by atoms with Crippen LogP contribution in [-0.2, 0) is 14.4 Å². The van der Waals surface area contributed by atoms with E-state index in [0.29, 0.717) is 10.2 Å². The van der Waals surface area contributed by atoms with Crippen molar-refractivity contribution in [3.05, 3.63) is 47.0 Å². The van der Waals surface area contributed by atoms with Crippen LogP contribution in [0.1, 0.15) is 33.6 Å². The minimum absolute atomic E-state index is 0.151. The number of nitrogens with zero attached hydrogens (tertiary/aromatic N) is 2. The van der Waals surface area contributed by atoms with Crippen LogP contribution in [0.5, 0.6) is 0 Å².